The Balaban J connectivity index is 1.31. The van der Waals surface area contributed by atoms with Crippen molar-refractivity contribution >= 4 is 15.9 Å². The van der Waals surface area contributed by atoms with E-state index >= 15 is 0 Å². The SMILES string of the molecule is O=C(c1ccc(OCC2CC2)cc1)N1CCN(S(=O)(=O)Cc2ccccc2)CC1. The van der Waals surface area contributed by atoms with E-state index in [2.05, 4.69) is 0 Å². The van der Waals surface area contributed by atoms with E-state index in [1.54, 1.807) is 17.0 Å². The number of sulfonamides is 1. The first-order valence-corrected chi connectivity index (χ1v) is 11.7. The Morgan fingerprint density at radius 2 is 1.59 bits per heavy atom. The zero-order chi connectivity index (χ0) is 20.3. The Hall–Kier alpha value is -2.38. The predicted molar refractivity (Wildman–Crippen MR) is 111 cm³/mol. The fourth-order valence-corrected chi connectivity index (χ4v) is 4.94. The lowest BCUT2D eigenvalue weighted by Gasteiger charge is -2.34. The summed E-state index contributed by atoms with van der Waals surface area (Å²) >= 11 is 0. The Bertz CT molecular complexity index is 933. The van der Waals surface area contributed by atoms with Gasteiger partial charge < -0.3 is 9.64 Å². The average molecular weight is 415 g/mol. The van der Waals surface area contributed by atoms with E-state index in [0.29, 0.717) is 37.7 Å². The molecule has 2 aromatic carbocycles. The highest BCUT2D eigenvalue weighted by Crippen LogP contribution is 2.29. The molecule has 1 amide bonds. The van der Waals surface area contributed by atoms with E-state index < -0.39 is 10.0 Å². The first-order chi connectivity index (χ1) is 14.0. The third kappa shape index (κ3) is 5.16. The molecule has 0 aromatic heterocycles. The summed E-state index contributed by atoms with van der Waals surface area (Å²) in [6.07, 6.45) is 2.48. The normalized spacial score (nSPS) is 17.9. The zero-order valence-electron chi connectivity index (χ0n) is 16.4. The molecule has 1 aliphatic carbocycles. The van der Waals surface area contributed by atoms with Gasteiger partial charge in [-0.3, -0.25) is 4.79 Å². The van der Waals surface area contributed by atoms with E-state index in [1.807, 2.05) is 42.5 Å². The summed E-state index contributed by atoms with van der Waals surface area (Å²) in [5.41, 5.74) is 1.37. The van der Waals surface area contributed by atoms with Crippen LogP contribution >= 0.6 is 0 Å². The number of hydrogen-bond donors (Lipinski definition) is 0. The van der Waals surface area contributed by atoms with Crippen LogP contribution in [0.5, 0.6) is 5.75 Å². The van der Waals surface area contributed by atoms with Crippen LogP contribution in [0.3, 0.4) is 0 Å². The van der Waals surface area contributed by atoms with Gasteiger partial charge in [0.15, 0.2) is 0 Å². The second-order valence-electron chi connectivity index (χ2n) is 7.71. The maximum Gasteiger partial charge on any atom is 0.253 e. The molecular weight excluding hydrogens is 388 g/mol. The van der Waals surface area contributed by atoms with Gasteiger partial charge >= 0.3 is 0 Å². The standard InChI is InChI=1S/C22H26N2O4S/c25-22(20-8-10-21(11-9-20)28-16-18-6-7-18)23-12-14-24(15-13-23)29(26,27)17-19-4-2-1-3-5-19/h1-5,8-11,18H,6-7,12-17H2. The molecule has 0 spiro atoms. The van der Waals surface area contributed by atoms with E-state index in [4.69, 9.17) is 4.74 Å². The molecule has 6 nitrogen and oxygen atoms in total. The van der Waals surface area contributed by atoms with Crippen LogP contribution in [0.4, 0.5) is 0 Å². The van der Waals surface area contributed by atoms with Crippen molar-refractivity contribution < 1.29 is 17.9 Å². The predicted octanol–water partition coefficient (Wildman–Crippen LogP) is 2.76. The van der Waals surface area contributed by atoms with Crippen molar-refractivity contribution in [3.8, 4) is 5.75 Å². The van der Waals surface area contributed by atoms with Crippen molar-refractivity contribution in [1.82, 2.24) is 9.21 Å². The van der Waals surface area contributed by atoms with Crippen molar-refractivity contribution in [2.24, 2.45) is 5.92 Å². The van der Waals surface area contributed by atoms with Crippen LogP contribution < -0.4 is 4.74 Å². The van der Waals surface area contributed by atoms with Crippen molar-refractivity contribution in [3.05, 3.63) is 65.7 Å². The lowest BCUT2D eigenvalue weighted by atomic mass is 10.2. The number of rotatable bonds is 7. The zero-order valence-corrected chi connectivity index (χ0v) is 17.2. The van der Waals surface area contributed by atoms with Gasteiger partial charge in [-0.1, -0.05) is 30.3 Å². The summed E-state index contributed by atoms with van der Waals surface area (Å²) < 4.78 is 32.5. The van der Waals surface area contributed by atoms with Gasteiger partial charge in [-0.25, -0.2) is 8.42 Å². The molecule has 0 unspecified atom stereocenters. The van der Waals surface area contributed by atoms with Crippen LogP contribution in [0.1, 0.15) is 28.8 Å². The molecule has 1 saturated carbocycles. The van der Waals surface area contributed by atoms with Gasteiger partial charge in [0.1, 0.15) is 5.75 Å². The molecule has 2 fully saturated rings. The lowest BCUT2D eigenvalue weighted by molar-refractivity contribution is 0.0697. The number of carbonyl (C=O) groups is 1. The number of piperazine rings is 1. The van der Waals surface area contributed by atoms with E-state index in [0.717, 1.165) is 17.9 Å². The molecule has 0 bridgehead atoms. The van der Waals surface area contributed by atoms with Gasteiger partial charge in [-0.05, 0) is 48.6 Å². The molecule has 0 radical (unpaired) electrons. The molecule has 154 valence electrons. The minimum Gasteiger partial charge on any atom is -0.493 e. The molecule has 1 heterocycles. The topological polar surface area (TPSA) is 66.9 Å². The summed E-state index contributed by atoms with van der Waals surface area (Å²) in [5, 5.41) is 0. The fraction of sp³-hybridized carbons (Fsp3) is 0.409. The van der Waals surface area contributed by atoms with Crippen LogP contribution in [-0.2, 0) is 15.8 Å². The number of ether oxygens (including phenoxy) is 1. The molecule has 29 heavy (non-hydrogen) atoms. The molecule has 0 N–H and O–H groups in total. The van der Waals surface area contributed by atoms with Gasteiger partial charge in [0.05, 0.1) is 12.4 Å². The number of nitrogens with zero attached hydrogens (tertiary/aromatic N) is 2. The second kappa shape index (κ2) is 8.55. The minimum atomic E-state index is -3.39. The van der Waals surface area contributed by atoms with Crippen LogP contribution in [0, 0.1) is 5.92 Å². The van der Waals surface area contributed by atoms with Crippen LogP contribution in [0.2, 0.25) is 0 Å². The molecular formula is C22H26N2O4S. The third-order valence-corrected chi connectivity index (χ3v) is 7.25. The number of amides is 1. The second-order valence-corrected chi connectivity index (χ2v) is 9.68. The Kier molecular flexibility index (Phi) is 5.87. The largest absolute Gasteiger partial charge is 0.493 e. The molecule has 4 rings (SSSR count). The van der Waals surface area contributed by atoms with Crippen LogP contribution in [-0.4, -0.2) is 56.3 Å². The van der Waals surface area contributed by atoms with E-state index in [1.165, 1.54) is 17.1 Å². The van der Waals surface area contributed by atoms with E-state index in [9.17, 15) is 13.2 Å². The summed E-state index contributed by atoms with van der Waals surface area (Å²) in [7, 11) is -3.39. The summed E-state index contributed by atoms with van der Waals surface area (Å²) in [5.74, 6) is 1.39. The van der Waals surface area contributed by atoms with Crippen LogP contribution in [0.25, 0.3) is 0 Å². The summed E-state index contributed by atoms with van der Waals surface area (Å²) in [4.78, 5) is 14.5. The van der Waals surface area contributed by atoms with Gasteiger partial charge in [0.2, 0.25) is 10.0 Å². The Morgan fingerprint density at radius 3 is 2.21 bits per heavy atom. The lowest BCUT2D eigenvalue weighted by Crippen LogP contribution is -2.50. The molecule has 7 heteroatoms. The maximum absolute atomic E-state index is 12.8. The van der Waals surface area contributed by atoms with Gasteiger partial charge in [-0.15, -0.1) is 0 Å². The highest BCUT2D eigenvalue weighted by atomic mass is 32.2. The fourth-order valence-electron chi connectivity index (χ4n) is 3.42. The molecule has 2 aromatic rings. The molecule has 1 aliphatic heterocycles. The summed E-state index contributed by atoms with van der Waals surface area (Å²) in [6, 6.07) is 16.4. The van der Waals surface area contributed by atoms with Crippen LogP contribution in [0.15, 0.2) is 54.6 Å². The van der Waals surface area contributed by atoms with Crippen molar-refractivity contribution in [2.75, 3.05) is 32.8 Å². The minimum absolute atomic E-state index is 0.00982. The molecule has 1 saturated heterocycles. The summed E-state index contributed by atoms with van der Waals surface area (Å²) in [6.45, 7) is 2.18. The Morgan fingerprint density at radius 1 is 0.931 bits per heavy atom. The first kappa shape index (κ1) is 19.9. The first-order valence-electron chi connectivity index (χ1n) is 10.1. The number of benzene rings is 2. The smallest absolute Gasteiger partial charge is 0.253 e. The monoisotopic (exact) mass is 414 g/mol. The van der Waals surface area contributed by atoms with Crippen molar-refractivity contribution in [1.29, 1.82) is 0 Å². The van der Waals surface area contributed by atoms with Crippen molar-refractivity contribution in [2.45, 2.75) is 18.6 Å². The van der Waals surface area contributed by atoms with Crippen molar-refractivity contribution in [3.63, 3.8) is 0 Å². The van der Waals surface area contributed by atoms with Gasteiger partial charge in [0, 0.05) is 31.7 Å². The average Bonchev–Trinajstić information content (AvgIpc) is 3.57. The highest BCUT2D eigenvalue weighted by molar-refractivity contribution is 7.88. The third-order valence-electron chi connectivity index (χ3n) is 5.40. The number of carbonyl (C=O) groups excluding carboxylic acids is 1. The van der Waals surface area contributed by atoms with E-state index in [-0.39, 0.29) is 11.7 Å². The Labute approximate surface area is 172 Å². The molecule has 0 atom stereocenters. The van der Waals surface area contributed by atoms with Gasteiger partial charge in [-0.2, -0.15) is 4.31 Å². The highest BCUT2D eigenvalue weighted by Gasteiger charge is 2.29. The van der Waals surface area contributed by atoms with Gasteiger partial charge in [0.25, 0.3) is 5.91 Å². The quantitative estimate of drug-likeness (QED) is 0.699. The molecule has 2 aliphatic rings. The maximum atomic E-state index is 12.8. The number of hydrogen-bond acceptors (Lipinski definition) is 4.